The highest BCUT2D eigenvalue weighted by atomic mass is 32.1. The normalized spacial score (nSPS) is 11.9. The minimum absolute atomic E-state index is 0.000330. The van der Waals surface area contributed by atoms with E-state index in [1.165, 1.54) is 11.3 Å². The largest absolute Gasteiger partial charge is 0.348 e. The molecular formula is C19H23NO3S2. The fourth-order valence-electron chi connectivity index (χ4n) is 2.47. The second-order valence-corrected chi connectivity index (χ2v) is 8.18. The third-order valence-corrected chi connectivity index (χ3v) is 5.93. The third-order valence-electron chi connectivity index (χ3n) is 3.91. The highest BCUT2D eigenvalue weighted by Crippen LogP contribution is 2.22. The molecule has 0 spiro atoms. The van der Waals surface area contributed by atoms with Crippen molar-refractivity contribution < 1.29 is 14.4 Å². The van der Waals surface area contributed by atoms with Crippen LogP contribution in [0, 0.1) is 6.92 Å². The Labute approximate surface area is 156 Å². The van der Waals surface area contributed by atoms with E-state index in [9.17, 15) is 14.4 Å². The molecule has 1 N–H and O–H groups in total. The minimum Gasteiger partial charge on any atom is -0.348 e. The molecule has 1 unspecified atom stereocenters. The Balaban J connectivity index is 1.70. The average molecular weight is 378 g/mol. The molecule has 134 valence electrons. The van der Waals surface area contributed by atoms with E-state index >= 15 is 0 Å². The third kappa shape index (κ3) is 6.21. The summed E-state index contributed by atoms with van der Waals surface area (Å²) in [5.41, 5.74) is 0. The maximum Gasteiger partial charge on any atom is 0.220 e. The van der Waals surface area contributed by atoms with Crippen LogP contribution in [0.15, 0.2) is 29.6 Å². The number of rotatable bonds is 10. The number of ketones is 2. The number of nitrogens with one attached hydrogen (secondary N) is 1. The van der Waals surface area contributed by atoms with Crippen molar-refractivity contribution in [1.29, 1.82) is 0 Å². The molecule has 0 radical (unpaired) electrons. The Bertz CT molecular complexity index is 719. The van der Waals surface area contributed by atoms with Gasteiger partial charge in [0.25, 0.3) is 0 Å². The molecule has 4 nitrogen and oxygen atoms in total. The quantitative estimate of drug-likeness (QED) is 0.611. The highest BCUT2D eigenvalue weighted by molar-refractivity contribution is 7.14. The summed E-state index contributed by atoms with van der Waals surface area (Å²) < 4.78 is 0. The highest BCUT2D eigenvalue weighted by Gasteiger charge is 2.15. The SMILES string of the molecule is CCC(NC(=O)CCC(=O)CCC(=O)c1ccc(C)s1)c1cccs1. The predicted molar refractivity (Wildman–Crippen MR) is 102 cm³/mol. The summed E-state index contributed by atoms with van der Waals surface area (Å²) in [6.45, 7) is 3.97. The number of hydrogen-bond acceptors (Lipinski definition) is 5. The number of carbonyl (C=O) groups is 3. The number of hydrogen-bond donors (Lipinski definition) is 1. The van der Waals surface area contributed by atoms with Crippen molar-refractivity contribution in [2.24, 2.45) is 0 Å². The minimum atomic E-state index is -0.117. The zero-order valence-electron chi connectivity index (χ0n) is 14.5. The lowest BCUT2D eigenvalue weighted by atomic mass is 10.1. The van der Waals surface area contributed by atoms with E-state index in [0.29, 0.717) is 4.88 Å². The fraction of sp³-hybridized carbons (Fsp3) is 0.421. The van der Waals surface area contributed by atoms with Crippen LogP contribution in [0.25, 0.3) is 0 Å². The van der Waals surface area contributed by atoms with Gasteiger partial charge in [0.1, 0.15) is 5.78 Å². The molecule has 2 heterocycles. The van der Waals surface area contributed by atoms with Crippen LogP contribution in [0.5, 0.6) is 0 Å². The lowest BCUT2D eigenvalue weighted by Crippen LogP contribution is -2.27. The molecule has 0 aromatic carbocycles. The van der Waals surface area contributed by atoms with Gasteiger partial charge in [0.15, 0.2) is 5.78 Å². The van der Waals surface area contributed by atoms with Gasteiger partial charge in [0.05, 0.1) is 10.9 Å². The molecule has 2 rings (SSSR count). The average Bonchev–Trinajstić information content (AvgIpc) is 3.27. The number of aryl methyl sites for hydroxylation is 1. The Hall–Kier alpha value is -1.79. The first-order valence-corrected chi connectivity index (χ1v) is 10.1. The Morgan fingerprint density at radius 1 is 1.08 bits per heavy atom. The van der Waals surface area contributed by atoms with Crippen LogP contribution in [-0.2, 0) is 9.59 Å². The van der Waals surface area contributed by atoms with Gasteiger partial charge in [0.2, 0.25) is 5.91 Å². The number of amides is 1. The smallest absolute Gasteiger partial charge is 0.220 e. The first-order chi connectivity index (χ1) is 12.0. The van der Waals surface area contributed by atoms with E-state index in [0.717, 1.165) is 16.2 Å². The molecule has 0 aliphatic rings. The van der Waals surface area contributed by atoms with E-state index in [2.05, 4.69) is 5.32 Å². The second kappa shape index (κ2) is 9.63. The van der Waals surface area contributed by atoms with Crippen LogP contribution in [-0.4, -0.2) is 17.5 Å². The maximum absolute atomic E-state index is 12.1. The first kappa shape index (κ1) is 19.5. The Kier molecular flexibility index (Phi) is 7.52. The first-order valence-electron chi connectivity index (χ1n) is 8.43. The molecule has 0 aliphatic carbocycles. The van der Waals surface area contributed by atoms with Gasteiger partial charge < -0.3 is 5.32 Å². The summed E-state index contributed by atoms with van der Waals surface area (Å²) in [4.78, 5) is 38.9. The molecule has 0 saturated heterocycles. The van der Waals surface area contributed by atoms with E-state index in [1.54, 1.807) is 17.4 Å². The molecule has 0 fully saturated rings. The van der Waals surface area contributed by atoms with E-state index in [1.807, 2.05) is 37.4 Å². The summed E-state index contributed by atoms with van der Waals surface area (Å²) in [5, 5.41) is 4.96. The molecule has 25 heavy (non-hydrogen) atoms. The second-order valence-electron chi connectivity index (χ2n) is 5.92. The van der Waals surface area contributed by atoms with Crippen molar-refractivity contribution in [3.05, 3.63) is 44.3 Å². The van der Waals surface area contributed by atoms with Crippen molar-refractivity contribution in [1.82, 2.24) is 5.32 Å². The molecule has 6 heteroatoms. The standard InChI is InChI=1S/C19H23NO3S2/c1-3-15(17-5-4-12-24-17)20-19(23)11-8-14(21)7-9-16(22)18-10-6-13(2)25-18/h4-6,10,12,15H,3,7-9,11H2,1-2H3,(H,20,23). The van der Waals surface area contributed by atoms with Crippen molar-refractivity contribution in [2.45, 2.75) is 52.0 Å². The zero-order valence-corrected chi connectivity index (χ0v) is 16.2. The monoisotopic (exact) mass is 377 g/mol. The van der Waals surface area contributed by atoms with E-state index < -0.39 is 0 Å². The molecule has 0 aliphatic heterocycles. The maximum atomic E-state index is 12.1. The van der Waals surface area contributed by atoms with Crippen LogP contribution >= 0.6 is 22.7 Å². The summed E-state index contributed by atoms with van der Waals surface area (Å²) >= 11 is 3.06. The topological polar surface area (TPSA) is 63.2 Å². The predicted octanol–water partition coefficient (Wildman–Crippen LogP) is 4.70. The Morgan fingerprint density at radius 3 is 2.44 bits per heavy atom. The molecule has 1 amide bonds. The van der Waals surface area contributed by atoms with Gasteiger partial charge in [-0.2, -0.15) is 0 Å². The molecule has 1 atom stereocenters. The molecule has 2 aromatic rings. The van der Waals surface area contributed by atoms with Gasteiger partial charge in [-0.25, -0.2) is 0 Å². The van der Waals surface area contributed by atoms with Crippen LogP contribution in [0.2, 0.25) is 0 Å². The summed E-state index contributed by atoms with van der Waals surface area (Å²) in [7, 11) is 0. The van der Waals surface area contributed by atoms with E-state index in [4.69, 9.17) is 0 Å². The van der Waals surface area contributed by atoms with Gasteiger partial charge in [0, 0.05) is 35.4 Å². The van der Waals surface area contributed by atoms with Crippen LogP contribution in [0.4, 0.5) is 0 Å². The van der Waals surface area contributed by atoms with Crippen molar-refractivity contribution >= 4 is 40.1 Å². The molecular weight excluding hydrogens is 354 g/mol. The number of Topliss-reactive ketones (excluding diaryl/α,β-unsaturated/α-hetero) is 2. The molecule has 2 aromatic heterocycles. The molecule has 0 saturated carbocycles. The zero-order chi connectivity index (χ0) is 18.2. The molecule has 0 bridgehead atoms. The Morgan fingerprint density at radius 2 is 1.84 bits per heavy atom. The number of carbonyl (C=O) groups excluding carboxylic acids is 3. The van der Waals surface area contributed by atoms with Crippen LogP contribution in [0.1, 0.15) is 64.5 Å². The van der Waals surface area contributed by atoms with Gasteiger partial charge in [-0.3, -0.25) is 14.4 Å². The van der Waals surface area contributed by atoms with Gasteiger partial charge >= 0.3 is 0 Å². The van der Waals surface area contributed by atoms with Crippen molar-refractivity contribution in [3.8, 4) is 0 Å². The van der Waals surface area contributed by atoms with Gasteiger partial charge in [-0.15, -0.1) is 22.7 Å². The van der Waals surface area contributed by atoms with Crippen molar-refractivity contribution in [2.75, 3.05) is 0 Å². The number of thiophene rings is 2. The van der Waals surface area contributed by atoms with Crippen LogP contribution < -0.4 is 5.32 Å². The van der Waals surface area contributed by atoms with Crippen molar-refractivity contribution in [3.63, 3.8) is 0 Å². The fourth-order valence-corrected chi connectivity index (χ4v) is 4.17. The lowest BCUT2D eigenvalue weighted by Gasteiger charge is -2.15. The summed E-state index contributed by atoms with van der Waals surface area (Å²) in [5.74, 6) is -0.158. The summed E-state index contributed by atoms with van der Waals surface area (Å²) in [6.07, 6.45) is 1.59. The van der Waals surface area contributed by atoms with Gasteiger partial charge in [-0.1, -0.05) is 13.0 Å². The van der Waals surface area contributed by atoms with Crippen LogP contribution in [0.3, 0.4) is 0 Å². The lowest BCUT2D eigenvalue weighted by molar-refractivity contribution is -0.125. The van der Waals surface area contributed by atoms with E-state index in [-0.39, 0.29) is 49.2 Å². The summed E-state index contributed by atoms with van der Waals surface area (Å²) in [6, 6.07) is 7.68. The van der Waals surface area contributed by atoms with Gasteiger partial charge in [-0.05, 0) is 36.9 Å².